The summed E-state index contributed by atoms with van der Waals surface area (Å²) in [4.78, 5) is 12.5. The average molecular weight is 347 g/mol. The van der Waals surface area contributed by atoms with Gasteiger partial charge in [0.15, 0.2) is 0 Å². The second kappa shape index (κ2) is 8.71. The lowest BCUT2D eigenvalue weighted by Gasteiger charge is -2.20. The van der Waals surface area contributed by atoms with Gasteiger partial charge in [0.1, 0.15) is 0 Å². The molecule has 0 atom stereocenters. The van der Waals surface area contributed by atoms with Gasteiger partial charge >= 0.3 is 0 Å². The van der Waals surface area contributed by atoms with Gasteiger partial charge in [0.05, 0.1) is 6.61 Å². The van der Waals surface area contributed by atoms with Crippen LogP contribution in [0.5, 0.6) is 0 Å². The standard InChI is InChI=1S/C19H22N2O2.ClH/c1-23-13-15-6-2-5-14(11-15)12-21-19(22)17-7-3-9-18-16(17)8-4-10-20-18;/h2-3,5-7,9,11,20H,4,8,10,12-13H2,1H3,(H,21,22);1H. The molecule has 0 bridgehead atoms. The van der Waals surface area contributed by atoms with E-state index in [4.69, 9.17) is 4.74 Å². The minimum absolute atomic E-state index is 0. The zero-order valence-electron chi connectivity index (χ0n) is 13.8. The molecule has 0 unspecified atom stereocenters. The quantitative estimate of drug-likeness (QED) is 0.870. The SMILES string of the molecule is COCc1cccc(CNC(=O)c2cccc3c2CCCN3)c1.Cl. The van der Waals surface area contributed by atoms with Crippen LogP contribution in [-0.2, 0) is 24.3 Å². The molecule has 1 aliphatic rings. The summed E-state index contributed by atoms with van der Waals surface area (Å²) in [7, 11) is 1.68. The average Bonchev–Trinajstić information content (AvgIpc) is 2.60. The number of fused-ring (bicyclic) bond motifs is 1. The maximum Gasteiger partial charge on any atom is 0.251 e. The van der Waals surface area contributed by atoms with E-state index in [0.29, 0.717) is 13.2 Å². The van der Waals surface area contributed by atoms with Crippen LogP contribution in [0.15, 0.2) is 42.5 Å². The van der Waals surface area contributed by atoms with E-state index in [-0.39, 0.29) is 18.3 Å². The normalized spacial score (nSPS) is 12.5. The van der Waals surface area contributed by atoms with Crippen molar-refractivity contribution in [2.45, 2.75) is 26.0 Å². The monoisotopic (exact) mass is 346 g/mol. The van der Waals surface area contributed by atoms with Gasteiger partial charge in [-0.15, -0.1) is 12.4 Å². The molecular weight excluding hydrogens is 324 g/mol. The summed E-state index contributed by atoms with van der Waals surface area (Å²) in [5.41, 5.74) is 5.19. The van der Waals surface area contributed by atoms with Crippen LogP contribution in [0.2, 0.25) is 0 Å². The fourth-order valence-electron chi connectivity index (χ4n) is 3.00. The number of nitrogens with one attached hydrogen (secondary N) is 2. The van der Waals surface area contributed by atoms with Crippen molar-refractivity contribution >= 4 is 24.0 Å². The van der Waals surface area contributed by atoms with Gasteiger partial charge in [-0.2, -0.15) is 0 Å². The Morgan fingerprint density at radius 2 is 2.00 bits per heavy atom. The summed E-state index contributed by atoms with van der Waals surface area (Å²) in [6.45, 7) is 2.08. The van der Waals surface area contributed by atoms with Crippen LogP contribution in [0.25, 0.3) is 0 Å². The van der Waals surface area contributed by atoms with Gasteiger partial charge in [-0.05, 0) is 41.7 Å². The second-order valence-electron chi connectivity index (χ2n) is 5.80. The van der Waals surface area contributed by atoms with E-state index in [1.165, 1.54) is 0 Å². The first-order valence-corrected chi connectivity index (χ1v) is 7.98. The van der Waals surface area contributed by atoms with Crippen molar-refractivity contribution in [3.63, 3.8) is 0 Å². The Morgan fingerprint density at radius 1 is 1.21 bits per heavy atom. The Balaban J connectivity index is 0.00000208. The maximum absolute atomic E-state index is 12.5. The van der Waals surface area contributed by atoms with Crippen molar-refractivity contribution in [3.8, 4) is 0 Å². The van der Waals surface area contributed by atoms with Crippen LogP contribution < -0.4 is 10.6 Å². The highest BCUT2D eigenvalue weighted by atomic mass is 35.5. The summed E-state index contributed by atoms with van der Waals surface area (Å²) < 4.78 is 5.15. The van der Waals surface area contributed by atoms with Gasteiger partial charge in [0.2, 0.25) is 0 Å². The first-order chi connectivity index (χ1) is 11.3. The number of benzene rings is 2. The topological polar surface area (TPSA) is 50.4 Å². The molecular formula is C19H23ClN2O2. The highest BCUT2D eigenvalue weighted by Crippen LogP contribution is 2.25. The Labute approximate surface area is 149 Å². The van der Waals surface area contributed by atoms with Gasteiger partial charge in [0.25, 0.3) is 5.91 Å². The number of anilines is 1. The molecule has 5 heteroatoms. The molecule has 2 aromatic carbocycles. The van der Waals surface area contributed by atoms with Crippen molar-refractivity contribution in [1.82, 2.24) is 5.32 Å². The molecule has 1 aliphatic heterocycles. The lowest BCUT2D eigenvalue weighted by atomic mass is 9.97. The number of carbonyl (C=O) groups excluding carboxylic acids is 1. The van der Waals surface area contributed by atoms with E-state index in [1.807, 2.05) is 36.4 Å². The van der Waals surface area contributed by atoms with Gasteiger partial charge < -0.3 is 15.4 Å². The number of carbonyl (C=O) groups is 1. The van der Waals surface area contributed by atoms with Gasteiger partial charge in [-0.25, -0.2) is 0 Å². The van der Waals surface area contributed by atoms with Crippen molar-refractivity contribution in [2.24, 2.45) is 0 Å². The van der Waals surface area contributed by atoms with Crippen LogP contribution in [0.1, 0.15) is 33.5 Å². The van der Waals surface area contributed by atoms with Gasteiger partial charge in [-0.1, -0.05) is 30.3 Å². The molecule has 0 spiro atoms. The van der Waals surface area contributed by atoms with Crippen molar-refractivity contribution < 1.29 is 9.53 Å². The molecule has 0 fully saturated rings. The van der Waals surface area contributed by atoms with E-state index in [0.717, 1.165) is 47.3 Å². The molecule has 2 N–H and O–H groups in total. The van der Waals surface area contributed by atoms with Crippen LogP contribution in [-0.4, -0.2) is 19.6 Å². The highest BCUT2D eigenvalue weighted by Gasteiger charge is 2.16. The van der Waals surface area contributed by atoms with Crippen molar-refractivity contribution in [1.29, 1.82) is 0 Å². The van der Waals surface area contributed by atoms with E-state index in [2.05, 4.69) is 16.7 Å². The first-order valence-electron chi connectivity index (χ1n) is 7.98. The Morgan fingerprint density at radius 3 is 2.83 bits per heavy atom. The van der Waals surface area contributed by atoms with Crippen molar-refractivity contribution in [2.75, 3.05) is 19.0 Å². The third-order valence-electron chi connectivity index (χ3n) is 4.10. The van der Waals surface area contributed by atoms with Crippen LogP contribution in [0, 0.1) is 0 Å². The summed E-state index contributed by atoms with van der Waals surface area (Å²) >= 11 is 0. The molecule has 3 rings (SSSR count). The Hall–Kier alpha value is -2.04. The van der Waals surface area contributed by atoms with Crippen molar-refractivity contribution in [3.05, 3.63) is 64.7 Å². The number of methoxy groups -OCH3 is 1. The number of ether oxygens (including phenoxy) is 1. The lowest BCUT2D eigenvalue weighted by Crippen LogP contribution is -2.25. The molecule has 0 saturated carbocycles. The molecule has 128 valence electrons. The smallest absolute Gasteiger partial charge is 0.251 e. The van der Waals surface area contributed by atoms with Gasteiger partial charge in [-0.3, -0.25) is 4.79 Å². The third kappa shape index (κ3) is 4.28. The maximum atomic E-state index is 12.5. The summed E-state index contributed by atoms with van der Waals surface area (Å²) in [6.07, 6.45) is 2.02. The number of hydrogen-bond acceptors (Lipinski definition) is 3. The van der Waals surface area contributed by atoms with Gasteiger partial charge in [0, 0.05) is 31.5 Å². The minimum atomic E-state index is -0.0114. The first kappa shape index (κ1) is 18.3. The highest BCUT2D eigenvalue weighted by molar-refractivity contribution is 5.97. The fourth-order valence-corrected chi connectivity index (χ4v) is 3.00. The molecule has 1 heterocycles. The van der Waals surface area contributed by atoms with E-state index >= 15 is 0 Å². The molecule has 24 heavy (non-hydrogen) atoms. The predicted octanol–water partition coefficient (Wildman–Crippen LogP) is 3.54. The molecule has 0 aromatic heterocycles. The Bertz CT molecular complexity index is 704. The van der Waals surface area contributed by atoms with Crippen LogP contribution in [0.4, 0.5) is 5.69 Å². The molecule has 0 saturated heterocycles. The second-order valence-corrected chi connectivity index (χ2v) is 5.80. The van der Waals surface area contributed by atoms with E-state index < -0.39 is 0 Å². The van der Waals surface area contributed by atoms with Crippen LogP contribution in [0.3, 0.4) is 0 Å². The molecule has 1 amide bonds. The number of amides is 1. The molecule has 0 radical (unpaired) electrons. The summed E-state index contributed by atoms with van der Waals surface area (Å²) in [5, 5.41) is 6.39. The lowest BCUT2D eigenvalue weighted by molar-refractivity contribution is 0.0950. The number of hydrogen-bond donors (Lipinski definition) is 2. The fraction of sp³-hybridized carbons (Fsp3) is 0.316. The Kier molecular flexibility index (Phi) is 6.64. The zero-order chi connectivity index (χ0) is 16.1. The largest absolute Gasteiger partial charge is 0.385 e. The summed E-state index contributed by atoms with van der Waals surface area (Å²) in [6, 6.07) is 14.0. The molecule has 2 aromatic rings. The molecule has 4 nitrogen and oxygen atoms in total. The van der Waals surface area contributed by atoms with E-state index in [9.17, 15) is 4.79 Å². The third-order valence-corrected chi connectivity index (χ3v) is 4.10. The van der Waals surface area contributed by atoms with Crippen LogP contribution >= 0.6 is 12.4 Å². The number of halogens is 1. The molecule has 0 aliphatic carbocycles. The number of rotatable bonds is 5. The zero-order valence-corrected chi connectivity index (χ0v) is 14.6. The minimum Gasteiger partial charge on any atom is -0.385 e. The van der Waals surface area contributed by atoms with E-state index in [1.54, 1.807) is 7.11 Å². The summed E-state index contributed by atoms with van der Waals surface area (Å²) in [5.74, 6) is -0.0114. The predicted molar refractivity (Wildman–Crippen MR) is 98.8 cm³/mol.